The summed E-state index contributed by atoms with van der Waals surface area (Å²) in [6, 6.07) is 0.0478. The van der Waals surface area contributed by atoms with Crippen LogP contribution in [0.5, 0.6) is 0 Å². The number of nitrogens with zero attached hydrogens (tertiary/aromatic N) is 5. The number of rotatable bonds is 1. The van der Waals surface area contributed by atoms with E-state index >= 15 is 0 Å². The third-order valence-electron chi connectivity index (χ3n) is 3.87. The molecule has 1 amide bonds. The number of nitrogens with two attached hydrogens (primary N) is 1. The van der Waals surface area contributed by atoms with Crippen LogP contribution in [0.4, 0.5) is 10.6 Å². The summed E-state index contributed by atoms with van der Waals surface area (Å²) in [7, 11) is 0. The molecule has 1 atom stereocenters. The first-order chi connectivity index (χ1) is 11.3. The largest absolute Gasteiger partial charge is 0.444 e. The van der Waals surface area contributed by atoms with E-state index in [1.165, 1.54) is 6.33 Å². The number of fused-ring (bicyclic) bond motifs is 1. The van der Waals surface area contributed by atoms with Crippen LogP contribution in [0.15, 0.2) is 6.33 Å². The van der Waals surface area contributed by atoms with E-state index in [1.807, 2.05) is 25.5 Å². The lowest BCUT2D eigenvalue weighted by atomic mass is 10.1. The van der Waals surface area contributed by atoms with Gasteiger partial charge in [-0.1, -0.05) is 0 Å². The normalized spacial score (nSPS) is 18.8. The Morgan fingerprint density at radius 3 is 2.88 bits per heavy atom. The molecular weight excluding hydrogens is 423 g/mol. The van der Waals surface area contributed by atoms with E-state index in [2.05, 4.69) is 37.7 Å². The molecule has 0 aromatic carbocycles. The summed E-state index contributed by atoms with van der Waals surface area (Å²) < 4.78 is 8.12. The van der Waals surface area contributed by atoms with Gasteiger partial charge in [-0.2, -0.15) is 5.10 Å². The van der Waals surface area contributed by atoms with E-state index in [0.29, 0.717) is 24.6 Å². The zero-order valence-corrected chi connectivity index (χ0v) is 16.1. The third kappa shape index (κ3) is 3.40. The van der Waals surface area contributed by atoms with Crippen molar-refractivity contribution in [2.45, 2.75) is 45.3 Å². The molecule has 0 unspecified atom stereocenters. The Balaban J connectivity index is 1.86. The predicted molar refractivity (Wildman–Crippen MR) is 98.5 cm³/mol. The van der Waals surface area contributed by atoms with Gasteiger partial charge in [-0.05, 0) is 56.2 Å². The van der Waals surface area contributed by atoms with Gasteiger partial charge in [0.2, 0.25) is 0 Å². The molecule has 24 heavy (non-hydrogen) atoms. The Bertz CT molecular complexity index is 769. The molecule has 9 heteroatoms. The molecule has 0 aliphatic carbocycles. The number of aromatic nitrogens is 4. The second-order valence-corrected chi connectivity index (χ2v) is 7.94. The van der Waals surface area contributed by atoms with Crippen LogP contribution in [-0.4, -0.2) is 49.4 Å². The van der Waals surface area contributed by atoms with Crippen molar-refractivity contribution in [3.05, 3.63) is 10.0 Å². The van der Waals surface area contributed by atoms with Gasteiger partial charge in [-0.3, -0.25) is 0 Å². The predicted octanol–water partition coefficient (Wildman–Crippen LogP) is 2.59. The number of halogens is 1. The molecule has 1 fully saturated rings. The fourth-order valence-corrected chi connectivity index (χ4v) is 3.60. The van der Waals surface area contributed by atoms with E-state index in [0.717, 1.165) is 21.9 Å². The lowest BCUT2D eigenvalue weighted by Gasteiger charge is -2.34. The minimum Gasteiger partial charge on any atom is -0.444 e. The Morgan fingerprint density at radius 2 is 2.17 bits per heavy atom. The number of carbonyl (C=O) groups is 1. The van der Waals surface area contributed by atoms with Crippen LogP contribution in [0.1, 0.15) is 39.7 Å². The number of hydrogen-bond donors (Lipinski definition) is 1. The highest BCUT2D eigenvalue weighted by Crippen LogP contribution is 2.29. The second kappa shape index (κ2) is 6.34. The molecule has 2 N–H and O–H groups in total. The molecule has 3 heterocycles. The lowest BCUT2D eigenvalue weighted by Crippen LogP contribution is -2.43. The van der Waals surface area contributed by atoms with Gasteiger partial charge in [0.15, 0.2) is 5.65 Å². The summed E-state index contributed by atoms with van der Waals surface area (Å²) in [5.41, 5.74) is 6.16. The number of piperidine rings is 1. The van der Waals surface area contributed by atoms with Gasteiger partial charge in [-0.15, -0.1) is 0 Å². The van der Waals surface area contributed by atoms with Crippen molar-refractivity contribution >= 4 is 45.5 Å². The molecule has 8 nitrogen and oxygen atoms in total. The monoisotopic (exact) mass is 444 g/mol. The maximum atomic E-state index is 12.3. The fourth-order valence-electron chi connectivity index (χ4n) is 2.85. The van der Waals surface area contributed by atoms with E-state index in [-0.39, 0.29) is 12.1 Å². The molecule has 2 aromatic heterocycles. The summed E-state index contributed by atoms with van der Waals surface area (Å²) in [6.07, 6.45) is 2.98. The van der Waals surface area contributed by atoms with Gasteiger partial charge in [0.05, 0.1) is 11.4 Å². The van der Waals surface area contributed by atoms with E-state index in [1.54, 1.807) is 4.90 Å². The number of anilines is 1. The SMILES string of the molecule is CC(C)(C)OC(=O)N1CCC[C@H](n2nc(I)c3c(N)ncnc32)C1. The highest BCUT2D eigenvalue weighted by atomic mass is 127. The molecule has 0 radical (unpaired) electrons. The lowest BCUT2D eigenvalue weighted by molar-refractivity contribution is 0.0169. The molecule has 3 rings (SSSR count). The summed E-state index contributed by atoms with van der Waals surface area (Å²) in [5.74, 6) is 0.426. The number of amides is 1. The molecule has 0 spiro atoms. The quantitative estimate of drug-likeness (QED) is 0.679. The van der Waals surface area contributed by atoms with Crippen molar-refractivity contribution in [2.75, 3.05) is 18.8 Å². The van der Waals surface area contributed by atoms with E-state index in [4.69, 9.17) is 10.5 Å². The number of ether oxygens (including phenoxy) is 1. The van der Waals surface area contributed by atoms with Crippen molar-refractivity contribution in [2.24, 2.45) is 0 Å². The van der Waals surface area contributed by atoms with Crippen LogP contribution in [0.2, 0.25) is 0 Å². The summed E-state index contributed by atoms with van der Waals surface area (Å²) in [5, 5.41) is 5.36. The first-order valence-electron chi connectivity index (χ1n) is 7.88. The van der Waals surface area contributed by atoms with Gasteiger partial charge in [0.1, 0.15) is 21.4 Å². The Labute approximate surface area is 153 Å². The molecule has 1 aliphatic heterocycles. The average molecular weight is 444 g/mol. The van der Waals surface area contributed by atoms with Crippen molar-refractivity contribution < 1.29 is 9.53 Å². The van der Waals surface area contributed by atoms with Gasteiger partial charge in [0, 0.05) is 13.1 Å². The minimum atomic E-state index is -0.501. The van der Waals surface area contributed by atoms with Crippen molar-refractivity contribution in [3.63, 3.8) is 0 Å². The summed E-state index contributed by atoms with van der Waals surface area (Å²) >= 11 is 2.14. The van der Waals surface area contributed by atoms with E-state index < -0.39 is 5.60 Å². The average Bonchev–Trinajstić information content (AvgIpc) is 2.84. The number of likely N-dealkylation sites (tertiary alicyclic amines) is 1. The Morgan fingerprint density at radius 1 is 1.42 bits per heavy atom. The highest BCUT2D eigenvalue weighted by Gasteiger charge is 2.30. The van der Waals surface area contributed by atoms with E-state index in [9.17, 15) is 4.79 Å². The van der Waals surface area contributed by atoms with Crippen LogP contribution in [0, 0.1) is 3.70 Å². The molecule has 2 aromatic rings. The van der Waals surface area contributed by atoms with Crippen LogP contribution < -0.4 is 5.73 Å². The molecule has 1 saturated heterocycles. The van der Waals surface area contributed by atoms with Gasteiger partial charge in [0.25, 0.3) is 0 Å². The molecule has 1 aliphatic rings. The van der Waals surface area contributed by atoms with Crippen LogP contribution in [0.25, 0.3) is 11.0 Å². The highest BCUT2D eigenvalue weighted by molar-refractivity contribution is 14.1. The number of carbonyl (C=O) groups excluding carboxylic acids is 1. The number of nitrogen functional groups attached to an aromatic ring is 1. The smallest absolute Gasteiger partial charge is 0.410 e. The summed E-state index contributed by atoms with van der Waals surface area (Å²) in [6.45, 7) is 6.85. The Hall–Kier alpha value is -1.65. The molecular formula is C15H21IN6O2. The van der Waals surface area contributed by atoms with Gasteiger partial charge < -0.3 is 15.4 Å². The molecule has 0 bridgehead atoms. The van der Waals surface area contributed by atoms with Gasteiger partial charge in [-0.25, -0.2) is 19.4 Å². The standard InChI is InChI=1S/C15H21IN6O2/c1-15(2,3)24-14(23)21-6-4-5-9(7-21)22-13-10(11(16)20-22)12(17)18-8-19-13/h8-9H,4-7H2,1-3H3,(H2,17,18,19)/t9-/m0/s1. The van der Waals surface area contributed by atoms with Crippen LogP contribution in [-0.2, 0) is 4.74 Å². The first-order valence-corrected chi connectivity index (χ1v) is 8.96. The zero-order chi connectivity index (χ0) is 17.5. The molecule has 130 valence electrons. The van der Waals surface area contributed by atoms with Crippen LogP contribution >= 0.6 is 22.6 Å². The van der Waals surface area contributed by atoms with Crippen molar-refractivity contribution in [3.8, 4) is 0 Å². The zero-order valence-electron chi connectivity index (χ0n) is 14.0. The minimum absolute atomic E-state index is 0.0478. The number of hydrogen-bond acceptors (Lipinski definition) is 6. The van der Waals surface area contributed by atoms with Gasteiger partial charge >= 0.3 is 6.09 Å². The summed E-state index contributed by atoms with van der Waals surface area (Å²) in [4.78, 5) is 22.5. The van der Waals surface area contributed by atoms with Crippen LogP contribution in [0.3, 0.4) is 0 Å². The maximum absolute atomic E-state index is 12.3. The van der Waals surface area contributed by atoms with Crippen molar-refractivity contribution in [1.82, 2.24) is 24.6 Å². The maximum Gasteiger partial charge on any atom is 0.410 e. The molecule has 0 saturated carbocycles. The Kier molecular flexibility index (Phi) is 4.54. The second-order valence-electron chi connectivity index (χ2n) is 6.92. The third-order valence-corrected chi connectivity index (χ3v) is 4.62. The fraction of sp³-hybridized carbons (Fsp3) is 0.600. The topological polar surface area (TPSA) is 99.2 Å². The van der Waals surface area contributed by atoms with Crippen molar-refractivity contribution in [1.29, 1.82) is 0 Å². The first kappa shape index (κ1) is 17.2.